The first-order chi connectivity index (χ1) is 24.1. The molecule has 0 fully saturated rings. The highest BCUT2D eigenvalue weighted by Gasteiger charge is 2.47. The number of nitrogens with zero attached hydrogens (tertiary/aromatic N) is 6. The number of carbonyl (C=O) groups is 2. The van der Waals surface area contributed by atoms with E-state index in [-0.39, 0.29) is 17.7 Å². The molecule has 50 heavy (non-hydrogen) atoms. The Kier molecular flexibility index (Phi) is 11.6. The number of hydrogen-bond acceptors (Lipinski definition) is 11. The topological polar surface area (TPSA) is 132 Å². The third-order valence-corrected chi connectivity index (χ3v) is 9.28. The summed E-state index contributed by atoms with van der Waals surface area (Å²) in [6.45, 7) is 7.07. The molecule has 14 heteroatoms. The Morgan fingerprint density at radius 3 is 2.52 bits per heavy atom. The number of thiazole rings is 1. The standard InChI is InChI=1S/C36H34F2N6O5S/c1-4-43(5-2)18-26-7-6-8-28(15-26)34(45)47-23-48-35(46)49-36(20-44-22-40-21-41-44,30-14-13-29(37)16-31(30)38)24(3)33-42-32(19-50-33)27-11-9-25(17-39)10-12-27/h6-16,19,21-22,24H,4-5,18,20,23H2,1-3H3/t24-,36+/m0/s1. The molecule has 0 saturated carbocycles. The molecule has 5 rings (SSSR count). The Morgan fingerprint density at radius 1 is 1.06 bits per heavy atom. The molecule has 0 N–H and O–H groups in total. The summed E-state index contributed by atoms with van der Waals surface area (Å²) in [5.41, 5.74) is 0.900. The van der Waals surface area contributed by atoms with Crippen molar-refractivity contribution in [3.8, 4) is 17.3 Å². The molecule has 3 aromatic carbocycles. The van der Waals surface area contributed by atoms with Crippen LogP contribution in [0.4, 0.5) is 13.6 Å². The molecule has 0 aliphatic heterocycles. The van der Waals surface area contributed by atoms with Gasteiger partial charge in [0.1, 0.15) is 29.3 Å². The van der Waals surface area contributed by atoms with Gasteiger partial charge < -0.3 is 14.2 Å². The van der Waals surface area contributed by atoms with E-state index < -0.39 is 42.1 Å². The van der Waals surface area contributed by atoms with Crippen molar-refractivity contribution in [3.63, 3.8) is 0 Å². The molecule has 0 aliphatic rings. The van der Waals surface area contributed by atoms with Gasteiger partial charge in [-0.2, -0.15) is 10.4 Å². The molecule has 2 atom stereocenters. The predicted molar refractivity (Wildman–Crippen MR) is 180 cm³/mol. The van der Waals surface area contributed by atoms with Crippen LogP contribution in [0.15, 0.2) is 84.8 Å². The van der Waals surface area contributed by atoms with Gasteiger partial charge in [-0.3, -0.25) is 4.90 Å². The normalized spacial score (nSPS) is 12.9. The molecule has 2 aromatic heterocycles. The van der Waals surface area contributed by atoms with Crippen molar-refractivity contribution in [2.24, 2.45) is 0 Å². The average Bonchev–Trinajstić information content (AvgIpc) is 3.83. The van der Waals surface area contributed by atoms with Crippen LogP contribution in [0.5, 0.6) is 0 Å². The van der Waals surface area contributed by atoms with Crippen LogP contribution in [0.25, 0.3) is 11.3 Å². The van der Waals surface area contributed by atoms with Crippen LogP contribution >= 0.6 is 11.3 Å². The van der Waals surface area contributed by atoms with Crippen LogP contribution in [0.3, 0.4) is 0 Å². The SMILES string of the molecule is CCN(CC)Cc1cccc(C(=O)OCOC(=O)O[C@@](Cn2cncn2)(c2ccc(F)cc2F)[C@@H](C)c2nc(-c3ccc(C#N)cc3)cs2)c1. The Morgan fingerprint density at radius 2 is 1.84 bits per heavy atom. The second-order valence-corrected chi connectivity index (χ2v) is 12.2. The molecular weight excluding hydrogens is 666 g/mol. The van der Waals surface area contributed by atoms with Crippen LogP contribution in [0.2, 0.25) is 0 Å². The predicted octanol–water partition coefficient (Wildman–Crippen LogP) is 7.06. The van der Waals surface area contributed by atoms with Crippen LogP contribution in [0.1, 0.15) is 58.7 Å². The van der Waals surface area contributed by atoms with E-state index in [2.05, 4.69) is 34.9 Å². The van der Waals surface area contributed by atoms with Crippen molar-refractivity contribution in [2.45, 2.75) is 45.4 Å². The average molecular weight is 701 g/mol. The van der Waals surface area contributed by atoms with E-state index in [4.69, 9.17) is 24.5 Å². The van der Waals surface area contributed by atoms with E-state index in [1.807, 2.05) is 6.07 Å². The van der Waals surface area contributed by atoms with Gasteiger partial charge in [0.2, 0.25) is 6.79 Å². The maximum Gasteiger partial charge on any atom is 0.512 e. The van der Waals surface area contributed by atoms with Crippen molar-refractivity contribution in [3.05, 3.63) is 124 Å². The summed E-state index contributed by atoms with van der Waals surface area (Å²) in [5.74, 6) is -3.40. The first-order valence-corrected chi connectivity index (χ1v) is 16.6. The number of ether oxygens (including phenoxy) is 3. The van der Waals surface area contributed by atoms with Gasteiger partial charge >= 0.3 is 12.1 Å². The number of benzene rings is 3. The monoisotopic (exact) mass is 700 g/mol. The fourth-order valence-electron chi connectivity index (χ4n) is 5.45. The molecule has 0 radical (unpaired) electrons. The fraction of sp³-hybridized carbons (Fsp3) is 0.278. The molecule has 2 heterocycles. The highest BCUT2D eigenvalue weighted by Crippen LogP contribution is 2.45. The van der Waals surface area contributed by atoms with Crippen LogP contribution in [-0.2, 0) is 32.9 Å². The third-order valence-electron chi connectivity index (χ3n) is 8.25. The van der Waals surface area contributed by atoms with Gasteiger partial charge in [-0.25, -0.2) is 33.0 Å². The lowest BCUT2D eigenvalue weighted by Crippen LogP contribution is -2.43. The van der Waals surface area contributed by atoms with Crippen LogP contribution < -0.4 is 0 Å². The molecular formula is C36H34F2N6O5S. The Labute approximate surface area is 291 Å². The summed E-state index contributed by atoms with van der Waals surface area (Å²) in [6, 6.07) is 18.8. The lowest BCUT2D eigenvalue weighted by molar-refractivity contribution is -0.0881. The number of rotatable bonds is 14. The molecule has 0 aliphatic carbocycles. The van der Waals surface area contributed by atoms with E-state index in [1.165, 1.54) is 34.7 Å². The quantitative estimate of drug-likeness (QED) is 0.0876. The third kappa shape index (κ3) is 8.36. The molecule has 0 saturated heterocycles. The largest absolute Gasteiger partial charge is 0.512 e. The minimum absolute atomic E-state index is 0.170. The summed E-state index contributed by atoms with van der Waals surface area (Å²) in [4.78, 5) is 37.2. The van der Waals surface area contributed by atoms with Gasteiger partial charge in [0.15, 0.2) is 5.60 Å². The molecule has 0 spiro atoms. The van der Waals surface area contributed by atoms with Gasteiger partial charge in [-0.05, 0) is 55.1 Å². The van der Waals surface area contributed by atoms with Gasteiger partial charge in [-0.1, -0.05) is 45.0 Å². The van der Waals surface area contributed by atoms with Crippen LogP contribution in [0, 0.1) is 23.0 Å². The molecule has 5 aromatic rings. The summed E-state index contributed by atoms with van der Waals surface area (Å²) in [5, 5.41) is 15.5. The zero-order chi connectivity index (χ0) is 35.7. The number of aromatic nitrogens is 4. The fourth-order valence-corrected chi connectivity index (χ4v) is 6.41. The number of esters is 1. The van der Waals surface area contributed by atoms with Crippen molar-refractivity contribution < 1.29 is 32.6 Å². The second kappa shape index (κ2) is 16.3. The number of halogens is 2. The van der Waals surface area contributed by atoms with E-state index in [9.17, 15) is 14.0 Å². The molecule has 0 unspecified atom stereocenters. The number of carbonyl (C=O) groups excluding carboxylic acids is 2. The maximum absolute atomic E-state index is 15.7. The molecule has 0 bridgehead atoms. The second-order valence-electron chi connectivity index (χ2n) is 11.3. The summed E-state index contributed by atoms with van der Waals surface area (Å²) < 4.78 is 47.6. The highest BCUT2D eigenvalue weighted by molar-refractivity contribution is 7.10. The van der Waals surface area contributed by atoms with E-state index in [0.717, 1.165) is 30.3 Å². The highest BCUT2D eigenvalue weighted by atomic mass is 32.1. The summed E-state index contributed by atoms with van der Waals surface area (Å²) in [7, 11) is 0. The zero-order valence-corrected chi connectivity index (χ0v) is 28.4. The smallest absolute Gasteiger partial charge is 0.424 e. The summed E-state index contributed by atoms with van der Waals surface area (Å²) >= 11 is 1.24. The van der Waals surface area contributed by atoms with Crippen molar-refractivity contribution in [2.75, 3.05) is 19.9 Å². The molecule has 0 amide bonds. The lowest BCUT2D eigenvalue weighted by atomic mass is 9.81. The van der Waals surface area contributed by atoms with E-state index in [1.54, 1.807) is 54.8 Å². The van der Waals surface area contributed by atoms with Gasteiger partial charge in [0.25, 0.3) is 0 Å². The van der Waals surface area contributed by atoms with Gasteiger partial charge in [0.05, 0.1) is 35.4 Å². The van der Waals surface area contributed by atoms with Gasteiger partial charge in [0, 0.05) is 29.1 Å². The van der Waals surface area contributed by atoms with Crippen LogP contribution in [-0.4, -0.2) is 56.7 Å². The van der Waals surface area contributed by atoms with E-state index in [0.29, 0.717) is 28.9 Å². The number of hydrogen-bond donors (Lipinski definition) is 0. The Balaban J connectivity index is 1.41. The Bertz CT molecular complexity index is 1960. The number of nitriles is 1. The van der Waals surface area contributed by atoms with Crippen molar-refractivity contribution >= 4 is 23.5 Å². The first-order valence-electron chi connectivity index (χ1n) is 15.7. The molecule has 11 nitrogen and oxygen atoms in total. The molecule has 258 valence electrons. The minimum Gasteiger partial charge on any atom is -0.424 e. The van der Waals surface area contributed by atoms with Crippen molar-refractivity contribution in [1.82, 2.24) is 24.6 Å². The van der Waals surface area contributed by atoms with E-state index >= 15 is 4.39 Å². The summed E-state index contributed by atoms with van der Waals surface area (Å²) in [6.07, 6.45) is 1.34. The maximum atomic E-state index is 15.7. The van der Waals surface area contributed by atoms with Crippen molar-refractivity contribution in [1.29, 1.82) is 5.26 Å². The lowest BCUT2D eigenvalue weighted by Gasteiger charge is -2.37. The Hall–Kier alpha value is -5.52. The van der Waals surface area contributed by atoms with Gasteiger partial charge in [-0.15, -0.1) is 11.3 Å². The first kappa shape index (κ1) is 35.8. The zero-order valence-electron chi connectivity index (χ0n) is 27.6. The minimum atomic E-state index is -1.91.